The van der Waals surface area contributed by atoms with Crippen LogP contribution in [0.25, 0.3) is 0 Å². The van der Waals surface area contributed by atoms with Gasteiger partial charge in [0.1, 0.15) is 0 Å². The van der Waals surface area contributed by atoms with Crippen molar-refractivity contribution in [2.45, 2.75) is 57.4 Å². The van der Waals surface area contributed by atoms with Crippen molar-refractivity contribution >= 4 is 0 Å². The van der Waals surface area contributed by atoms with Crippen molar-refractivity contribution in [1.82, 2.24) is 4.90 Å². The third-order valence-electron chi connectivity index (χ3n) is 4.39. The number of rotatable bonds is 1. The lowest BCUT2D eigenvalue weighted by atomic mass is 9.95. The molecule has 1 aromatic carbocycles. The first-order chi connectivity index (χ1) is 9.27. The van der Waals surface area contributed by atoms with Crippen molar-refractivity contribution in [3.63, 3.8) is 0 Å². The molecule has 1 heterocycles. The number of morpholine rings is 1. The van der Waals surface area contributed by atoms with Gasteiger partial charge in [0.25, 0.3) is 0 Å². The van der Waals surface area contributed by atoms with Crippen LogP contribution in [0.5, 0.6) is 0 Å². The van der Waals surface area contributed by atoms with Crippen LogP contribution >= 0.6 is 0 Å². The first kappa shape index (κ1) is 14.1. The number of nitrogens with two attached hydrogens (primary N) is 1. The second kappa shape index (κ2) is 4.55. The standard InChI is InChI=1S/C17H26N2O/c1-16(2)10-19(11-17(3,4)20-16)15-9-14(18)12-7-5-6-8-13(12)15/h5-8,14-15H,9-11,18H2,1-4H3. The Morgan fingerprint density at radius 2 is 1.60 bits per heavy atom. The van der Waals surface area contributed by atoms with E-state index in [1.807, 2.05) is 0 Å². The van der Waals surface area contributed by atoms with Gasteiger partial charge in [-0.2, -0.15) is 0 Å². The lowest BCUT2D eigenvalue weighted by Gasteiger charge is -2.49. The van der Waals surface area contributed by atoms with Gasteiger partial charge in [-0.15, -0.1) is 0 Å². The first-order valence-electron chi connectivity index (χ1n) is 7.56. The van der Waals surface area contributed by atoms with Crippen molar-refractivity contribution in [3.05, 3.63) is 35.4 Å². The molecular formula is C17H26N2O. The van der Waals surface area contributed by atoms with Crippen LogP contribution in [0.2, 0.25) is 0 Å². The average molecular weight is 274 g/mol. The zero-order chi connectivity index (χ0) is 14.5. The molecule has 3 heteroatoms. The summed E-state index contributed by atoms with van der Waals surface area (Å²) in [5.74, 6) is 0. The molecule has 2 aliphatic rings. The van der Waals surface area contributed by atoms with E-state index in [1.165, 1.54) is 11.1 Å². The van der Waals surface area contributed by atoms with Gasteiger partial charge < -0.3 is 10.5 Å². The maximum Gasteiger partial charge on any atom is 0.0761 e. The zero-order valence-electron chi connectivity index (χ0n) is 13.0. The van der Waals surface area contributed by atoms with Crippen LogP contribution in [0.1, 0.15) is 57.3 Å². The van der Waals surface area contributed by atoms with Crippen molar-refractivity contribution < 1.29 is 4.74 Å². The van der Waals surface area contributed by atoms with Gasteiger partial charge in [-0.25, -0.2) is 0 Å². The predicted molar refractivity (Wildman–Crippen MR) is 81.5 cm³/mol. The molecule has 0 bridgehead atoms. The van der Waals surface area contributed by atoms with E-state index in [4.69, 9.17) is 10.5 Å². The highest BCUT2D eigenvalue weighted by molar-refractivity contribution is 5.37. The van der Waals surface area contributed by atoms with E-state index >= 15 is 0 Å². The third kappa shape index (κ3) is 2.50. The molecule has 0 aromatic heterocycles. The second-order valence-corrected chi connectivity index (χ2v) is 7.51. The van der Waals surface area contributed by atoms with E-state index in [2.05, 4.69) is 56.9 Å². The van der Waals surface area contributed by atoms with Crippen LogP contribution in [0.4, 0.5) is 0 Å². The molecule has 0 saturated carbocycles. The molecule has 1 fully saturated rings. The highest BCUT2D eigenvalue weighted by atomic mass is 16.5. The van der Waals surface area contributed by atoms with Gasteiger partial charge in [-0.3, -0.25) is 4.90 Å². The summed E-state index contributed by atoms with van der Waals surface area (Å²) >= 11 is 0. The van der Waals surface area contributed by atoms with Gasteiger partial charge in [-0.1, -0.05) is 24.3 Å². The number of benzene rings is 1. The van der Waals surface area contributed by atoms with Gasteiger partial charge in [0, 0.05) is 25.2 Å². The summed E-state index contributed by atoms with van der Waals surface area (Å²) in [5.41, 5.74) is 8.83. The largest absolute Gasteiger partial charge is 0.367 e. The molecule has 2 N–H and O–H groups in total. The third-order valence-corrected chi connectivity index (χ3v) is 4.39. The molecule has 1 aliphatic heterocycles. The average Bonchev–Trinajstić information content (AvgIpc) is 2.64. The normalized spacial score (nSPS) is 32.0. The summed E-state index contributed by atoms with van der Waals surface area (Å²) in [6.07, 6.45) is 1.02. The summed E-state index contributed by atoms with van der Waals surface area (Å²) in [6, 6.07) is 9.24. The van der Waals surface area contributed by atoms with Crippen molar-refractivity contribution in [2.24, 2.45) is 5.73 Å². The van der Waals surface area contributed by atoms with Gasteiger partial charge in [0.2, 0.25) is 0 Å². The molecule has 2 atom stereocenters. The number of hydrogen-bond acceptors (Lipinski definition) is 3. The molecule has 2 unspecified atom stereocenters. The zero-order valence-corrected chi connectivity index (χ0v) is 13.0. The summed E-state index contributed by atoms with van der Waals surface area (Å²) in [5, 5.41) is 0. The van der Waals surface area contributed by atoms with Crippen LogP contribution in [-0.2, 0) is 4.74 Å². The minimum Gasteiger partial charge on any atom is -0.367 e. The van der Waals surface area contributed by atoms with Crippen molar-refractivity contribution in [3.8, 4) is 0 Å². The molecule has 3 rings (SSSR count). The molecular weight excluding hydrogens is 248 g/mol. The Morgan fingerprint density at radius 3 is 2.20 bits per heavy atom. The van der Waals surface area contributed by atoms with Crippen LogP contribution in [0.15, 0.2) is 24.3 Å². The number of nitrogens with zero attached hydrogens (tertiary/aromatic N) is 1. The van der Waals surface area contributed by atoms with E-state index < -0.39 is 0 Å². The van der Waals surface area contributed by atoms with Gasteiger partial charge in [0.05, 0.1) is 11.2 Å². The fourth-order valence-corrected chi connectivity index (χ4v) is 4.06. The van der Waals surface area contributed by atoms with E-state index in [-0.39, 0.29) is 17.2 Å². The lowest BCUT2D eigenvalue weighted by Crippen LogP contribution is -2.57. The monoisotopic (exact) mass is 274 g/mol. The van der Waals surface area contributed by atoms with Crippen LogP contribution in [0.3, 0.4) is 0 Å². The summed E-state index contributed by atoms with van der Waals surface area (Å²) in [4.78, 5) is 2.56. The Morgan fingerprint density at radius 1 is 1.05 bits per heavy atom. The van der Waals surface area contributed by atoms with Gasteiger partial charge >= 0.3 is 0 Å². The SMILES string of the molecule is CC1(C)CN(C2CC(N)c3ccccc32)CC(C)(C)O1. The Balaban J connectivity index is 1.91. The van der Waals surface area contributed by atoms with Gasteiger partial charge in [-0.05, 0) is 45.2 Å². The molecule has 20 heavy (non-hydrogen) atoms. The fraction of sp³-hybridized carbons (Fsp3) is 0.647. The predicted octanol–water partition coefficient (Wildman–Crippen LogP) is 3.02. The van der Waals surface area contributed by atoms with Crippen molar-refractivity contribution in [1.29, 1.82) is 0 Å². The molecule has 110 valence electrons. The maximum atomic E-state index is 6.32. The van der Waals surface area contributed by atoms with Crippen molar-refractivity contribution in [2.75, 3.05) is 13.1 Å². The van der Waals surface area contributed by atoms with Crippen LogP contribution in [-0.4, -0.2) is 29.2 Å². The molecule has 0 radical (unpaired) electrons. The Kier molecular flexibility index (Phi) is 3.20. The summed E-state index contributed by atoms with van der Waals surface area (Å²) in [6.45, 7) is 10.6. The van der Waals surface area contributed by atoms with E-state index in [9.17, 15) is 0 Å². The molecule has 1 saturated heterocycles. The fourth-order valence-electron chi connectivity index (χ4n) is 4.06. The highest BCUT2D eigenvalue weighted by Crippen LogP contribution is 2.43. The Hall–Kier alpha value is -0.900. The van der Waals surface area contributed by atoms with E-state index in [0.29, 0.717) is 6.04 Å². The Bertz CT molecular complexity index is 493. The molecule has 0 spiro atoms. The minimum absolute atomic E-state index is 0.108. The molecule has 1 aromatic rings. The first-order valence-corrected chi connectivity index (χ1v) is 7.56. The quantitative estimate of drug-likeness (QED) is 0.855. The van der Waals surface area contributed by atoms with Gasteiger partial charge in [0.15, 0.2) is 0 Å². The molecule has 3 nitrogen and oxygen atoms in total. The number of fused-ring (bicyclic) bond motifs is 1. The van der Waals surface area contributed by atoms with Crippen LogP contribution in [0, 0.1) is 0 Å². The maximum absolute atomic E-state index is 6.32. The summed E-state index contributed by atoms with van der Waals surface area (Å²) in [7, 11) is 0. The topological polar surface area (TPSA) is 38.5 Å². The summed E-state index contributed by atoms with van der Waals surface area (Å²) < 4.78 is 6.19. The lowest BCUT2D eigenvalue weighted by molar-refractivity contribution is -0.188. The smallest absolute Gasteiger partial charge is 0.0761 e. The van der Waals surface area contributed by atoms with E-state index in [0.717, 1.165) is 19.5 Å². The second-order valence-electron chi connectivity index (χ2n) is 7.51. The van der Waals surface area contributed by atoms with Crippen LogP contribution < -0.4 is 5.73 Å². The Labute approximate surface area is 122 Å². The highest BCUT2D eigenvalue weighted by Gasteiger charge is 2.43. The number of hydrogen-bond donors (Lipinski definition) is 1. The number of ether oxygens (including phenoxy) is 1. The van der Waals surface area contributed by atoms with E-state index in [1.54, 1.807) is 0 Å². The minimum atomic E-state index is -0.108. The molecule has 1 aliphatic carbocycles. The molecule has 0 amide bonds.